The molecule has 1 saturated heterocycles. The van der Waals surface area contributed by atoms with Crippen molar-refractivity contribution in [1.29, 1.82) is 0 Å². The van der Waals surface area contributed by atoms with E-state index in [9.17, 15) is 0 Å². The van der Waals surface area contributed by atoms with E-state index in [-0.39, 0.29) is 18.8 Å². The summed E-state index contributed by atoms with van der Waals surface area (Å²) in [6.07, 6.45) is 0.187. The molecule has 1 fully saturated rings. The molecule has 0 aromatic carbocycles. The zero-order valence-electron chi connectivity index (χ0n) is 4.92. The molecule has 0 aromatic rings. The summed E-state index contributed by atoms with van der Waals surface area (Å²) in [5.41, 5.74) is 1.00. The first-order valence-electron chi connectivity index (χ1n) is 2.67. The molecule has 0 aliphatic carbocycles. The van der Waals surface area contributed by atoms with E-state index in [2.05, 4.69) is 6.58 Å². The minimum Gasteiger partial charge on any atom is -0.394 e. The highest BCUT2D eigenvalue weighted by Gasteiger charge is 2.38. The van der Waals surface area contributed by atoms with Crippen molar-refractivity contribution in [3.05, 3.63) is 12.2 Å². The average molecular weight is 114 g/mol. The molecule has 0 unspecified atom stereocenters. The van der Waals surface area contributed by atoms with E-state index in [1.165, 1.54) is 0 Å². The van der Waals surface area contributed by atoms with Gasteiger partial charge in [0, 0.05) is 0 Å². The smallest absolute Gasteiger partial charge is 0.111 e. The van der Waals surface area contributed by atoms with E-state index in [0.717, 1.165) is 5.57 Å². The Kier molecular flexibility index (Phi) is 1.36. The van der Waals surface area contributed by atoms with Gasteiger partial charge in [-0.05, 0) is 12.5 Å². The molecule has 46 valence electrons. The second-order valence-corrected chi connectivity index (χ2v) is 2.12. The summed E-state index contributed by atoms with van der Waals surface area (Å²) in [6.45, 7) is 5.70. The Hall–Kier alpha value is -0.340. The quantitative estimate of drug-likeness (QED) is 0.414. The Bertz CT molecular complexity index is 109. The summed E-state index contributed by atoms with van der Waals surface area (Å²) in [4.78, 5) is 0. The van der Waals surface area contributed by atoms with Crippen LogP contribution in [-0.4, -0.2) is 23.9 Å². The molecular weight excluding hydrogens is 104 g/mol. The third-order valence-electron chi connectivity index (χ3n) is 1.25. The lowest BCUT2D eigenvalue weighted by Crippen LogP contribution is -1.98. The fraction of sp³-hybridized carbons (Fsp3) is 0.667. The van der Waals surface area contributed by atoms with Crippen molar-refractivity contribution in [2.75, 3.05) is 6.61 Å². The highest BCUT2D eigenvalue weighted by Crippen LogP contribution is 2.26. The Morgan fingerprint density at radius 3 is 2.62 bits per heavy atom. The Labute approximate surface area is 48.8 Å². The minimum absolute atomic E-state index is 0.0486. The number of hydrogen-bond acceptors (Lipinski definition) is 2. The molecular formula is C6H10O2. The molecule has 1 rings (SSSR count). The van der Waals surface area contributed by atoms with Gasteiger partial charge in [-0.15, -0.1) is 0 Å². The van der Waals surface area contributed by atoms with Crippen LogP contribution in [0.3, 0.4) is 0 Å². The highest BCUT2D eigenvalue weighted by molar-refractivity contribution is 5.09. The molecule has 1 N–H and O–H groups in total. The molecule has 2 nitrogen and oxygen atoms in total. The second-order valence-electron chi connectivity index (χ2n) is 2.12. The summed E-state index contributed by atoms with van der Waals surface area (Å²) in [5, 5.41) is 8.46. The lowest BCUT2D eigenvalue weighted by Gasteiger charge is -1.84. The van der Waals surface area contributed by atoms with Crippen molar-refractivity contribution >= 4 is 0 Å². The van der Waals surface area contributed by atoms with Crippen LogP contribution in [0.25, 0.3) is 0 Å². The maximum absolute atomic E-state index is 8.46. The molecule has 0 saturated carbocycles. The minimum atomic E-state index is 0.0486. The largest absolute Gasteiger partial charge is 0.394 e. The van der Waals surface area contributed by atoms with Gasteiger partial charge in [-0.1, -0.05) is 6.58 Å². The van der Waals surface area contributed by atoms with Crippen LogP contribution in [-0.2, 0) is 4.74 Å². The number of rotatable bonds is 2. The molecule has 1 aliphatic rings. The molecule has 0 radical (unpaired) electrons. The number of ether oxygens (including phenoxy) is 1. The van der Waals surface area contributed by atoms with Gasteiger partial charge in [0.1, 0.15) is 12.2 Å². The van der Waals surface area contributed by atoms with Crippen molar-refractivity contribution in [1.82, 2.24) is 0 Å². The van der Waals surface area contributed by atoms with Gasteiger partial charge < -0.3 is 9.84 Å². The van der Waals surface area contributed by atoms with Gasteiger partial charge in [0.2, 0.25) is 0 Å². The fourth-order valence-electron chi connectivity index (χ4n) is 0.715. The first-order chi connectivity index (χ1) is 3.75. The standard InChI is InChI=1S/C6H10O2/c1-4(2)6-5(3-7)8-6/h5-7H,1,3H2,2H3/t5-,6-/m0/s1. The van der Waals surface area contributed by atoms with E-state index in [4.69, 9.17) is 9.84 Å². The molecule has 1 heterocycles. The van der Waals surface area contributed by atoms with Crippen LogP contribution in [0.5, 0.6) is 0 Å². The van der Waals surface area contributed by atoms with Crippen LogP contribution >= 0.6 is 0 Å². The van der Waals surface area contributed by atoms with Crippen LogP contribution < -0.4 is 0 Å². The highest BCUT2D eigenvalue weighted by atomic mass is 16.6. The maximum atomic E-state index is 8.46. The number of aliphatic hydroxyl groups is 1. The third kappa shape index (κ3) is 0.904. The van der Waals surface area contributed by atoms with Gasteiger partial charge in [0.15, 0.2) is 0 Å². The van der Waals surface area contributed by atoms with Crippen molar-refractivity contribution in [3.8, 4) is 0 Å². The molecule has 8 heavy (non-hydrogen) atoms. The van der Waals surface area contributed by atoms with Gasteiger partial charge in [-0.3, -0.25) is 0 Å². The van der Waals surface area contributed by atoms with Gasteiger partial charge in [0.25, 0.3) is 0 Å². The first-order valence-corrected chi connectivity index (χ1v) is 2.67. The maximum Gasteiger partial charge on any atom is 0.111 e. The van der Waals surface area contributed by atoms with Crippen LogP contribution in [0.1, 0.15) is 6.92 Å². The van der Waals surface area contributed by atoms with Crippen molar-refractivity contribution < 1.29 is 9.84 Å². The van der Waals surface area contributed by atoms with Crippen LogP contribution in [0.4, 0.5) is 0 Å². The summed E-state index contributed by atoms with van der Waals surface area (Å²) < 4.78 is 4.98. The zero-order valence-corrected chi connectivity index (χ0v) is 4.92. The second kappa shape index (κ2) is 1.88. The topological polar surface area (TPSA) is 32.8 Å². The molecule has 0 bridgehead atoms. The van der Waals surface area contributed by atoms with Crippen LogP contribution in [0.2, 0.25) is 0 Å². The Balaban J connectivity index is 2.26. The van der Waals surface area contributed by atoms with Crippen LogP contribution in [0.15, 0.2) is 12.2 Å². The van der Waals surface area contributed by atoms with Crippen molar-refractivity contribution in [2.24, 2.45) is 0 Å². The van der Waals surface area contributed by atoms with Gasteiger partial charge >= 0.3 is 0 Å². The van der Waals surface area contributed by atoms with E-state index >= 15 is 0 Å². The summed E-state index contributed by atoms with van der Waals surface area (Å²) in [5.74, 6) is 0. The van der Waals surface area contributed by atoms with Gasteiger partial charge in [-0.2, -0.15) is 0 Å². The molecule has 1 aliphatic heterocycles. The lowest BCUT2D eigenvalue weighted by atomic mass is 10.2. The number of hydrogen-bond donors (Lipinski definition) is 1. The van der Waals surface area contributed by atoms with Crippen molar-refractivity contribution in [3.63, 3.8) is 0 Å². The van der Waals surface area contributed by atoms with Crippen molar-refractivity contribution in [2.45, 2.75) is 19.1 Å². The summed E-state index contributed by atoms with van der Waals surface area (Å²) >= 11 is 0. The zero-order chi connectivity index (χ0) is 6.15. The van der Waals surface area contributed by atoms with Crippen LogP contribution in [0, 0.1) is 0 Å². The monoisotopic (exact) mass is 114 g/mol. The summed E-state index contributed by atoms with van der Waals surface area (Å²) in [7, 11) is 0. The normalized spacial score (nSPS) is 34.8. The van der Waals surface area contributed by atoms with E-state index in [0.29, 0.717) is 0 Å². The predicted molar refractivity (Wildman–Crippen MR) is 30.6 cm³/mol. The van der Waals surface area contributed by atoms with E-state index in [1.54, 1.807) is 0 Å². The predicted octanol–water partition coefficient (Wildman–Crippen LogP) is 0.322. The SMILES string of the molecule is C=C(C)[C@@H]1O[C@H]1CO. The fourth-order valence-corrected chi connectivity index (χ4v) is 0.715. The molecule has 0 spiro atoms. The number of epoxide rings is 1. The Morgan fingerprint density at radius 1 is 1.88 bits per heavy atom. The average Bonchev–Trinajstić information content (AvgIpc) is 2.42. The van der Waals surface area contributed by atoms with Gasteiger partial charge in [0.05, 0.1) is 6.61 Å². The third-order valence-corrected chi connectivity index (χ3v) is 1.25. The molecule has 0 aromatic heterocycles. The summed E-state index contributed by atoms with van der Waals surface area (Å²) in [6, 6.07) is 0. The Morgan fingerprint density at radius 2 is 2.50 bits per heavy atom. The number of aliphatic hydroxyl groups excluding tert-OH is 1. The lowest BCUT2D eigenvalue weighted by molar-refractivity contribution is 0.243. The first kappa shape index (κ1) is 5.79. The van der Waals surface area contributed by atoms with Gasteiger partial charge in [-0.25, -0.2) is 0 Å². The van der Waals surface area contributed by atoms with E-state index in [1.807, 2.05) is 6.92 Å². The molecule has 2 heteroatoms. The molecule has 0 amide bonds. The van der Waals surface area contributed by atoms with E-state index < -0.39 is 0 Å². The molecule has 2 atom stereocenters.